The van der Waals surface area contributed by atoms with Crippen LogP contribution >= 0.6 is 11.8 Å². The highest BCUT2D eigenvalue weighted by atomic mass is 32.2. The van der Waals surface area contributed by atoms with Gasteiger partial charge in [0, 0.05) is 23.5 Å². The van der Waals surface area contributed by atoms with Crippen LogP contribution in [0.25, 0.3) is 0 Å². The summed E-state index contributed by atoms with van der Waals surface area (Å²) in [6.45, 7) is 3.82. The van der Waals surface area contributed by atoms with E-state index in [2.05, 4.69) is 10.6 Å². The molecule has 0 aliphatic heterocycles. The second kappa shape index (κ2) is 7.76. The molecule has 0 aliphatic carbocycles. The van der Waals surface area contributed by atoms with Gasteiger partial charge in [0.05, 0.1) is 0 Å². The molecule has 1 aromatic carbocycles. The lowest BCUT2D eigenvalue weighted by Gasteiger charge is -2.07. The van der Waals surface area contributed by atoms with Crippen LogP contribution in [0, 0.1) is 0 Å². The Morgan fingerprint density at radius 2 is 1.83 bits per heavy atom. The van der Waals surface area contributed by atoms with E-state index in [1.54, 1.807) is 31.2 Å². The fourth-order valence-corrected chi connectivity index (χ4v) is 1.85. The Labute approximate surface area is 112 Å². The zero-order valence-corrected chi connectivity index (χ0v) is 11.5. The molecule has 2 N–H and O–H groups in total. The average molecular weight is 266 g/mol. The number of carbonyl (C=O) groups is 2. The van der Waals surface area contributed by atoms with Crippen molar-refractivity contribution in [2.45, 2.75) is 26.7 Å². The summed E-state index contributed by atoms with van der Waals surface area (Å²) in [5.74, 6) is 0.761. The maximum absolute atomic E-state index is 11.5. The highest BCUT2D eigenvalue weighted by molar-refractivity contribution is 8.13. The summed E-state index contributed by atoms with van der Waals surface area (Å²) in [5.41, 5.74) is 1.39. The molecule has 4 nitrogen and oxygen atoms in total. The minimum atomic E-state index is -0.0733. The van der Waals surface area contributed by atoms with E-state index in [9.17, 15) is 9.59 Å². The van der Waals surface area contributed by atoms with E-state index in [1.807, 2.05) is 6.92 Å². The Bertz CT molecular complexity index is 421. The van der Waals surface area contributed by atoms with Gasteiger partial charge in [-0.05, 0) is 24.6 Å². The molecule has 0 saturated carbocycles. The molecule has 0 spiro atoms. The van der Waals surface area contributed by atoms with Crippen molar-refractivity contribution in [1.82, 2.24) is 0 Å². The number of rotatable bonds is 5. The first-order valence-electron chi connectivity index (χ1n) is 5.99. The molecule has 0 atom stereocenters. The fourth-order valence-electron chi connectivity index (χ4n) is 1.27. The van der Waals surface area contributed by atoms with Crippen molar-refractivity contribution in [2.24, 2.45) is 0 Å². The lowest BCUT2D eigenvalue weighted by Crippen LogP contribution is -2.10. The minimum absolute atomic E-state index is 0.0427. The molecule has 0 bridgehead atoms. The van der Waals surface area contributed by atoms with Gasteiger partial charge in [0.2, 0.25) is 5.91 Å². The number of hydrogen-bond donors (Lipinski definition) is 2. The standard InChI is InChI=1S/C13H18N2O2S/c1-3-8-18-13(17)15-11-7-5-6-10(9-11)14-12(16)4-2/h5-7,9H,3-4,8H2,1-2H3,(H,14,16)(H,15,17). The molecule has 0 radical (unpaired) electrons. The predicted molar refractivity (Wildman–Crippen MR) is 77.1 cm³/mol. The number of thioether (sulfide) groups is 1. The Morgan fingerprint density at radius 3 is 2.44 bits per heavy atom. The van der Waals surface area contributed by atoms with Crippen molar-refractivity contribution >= 4 is 34.3 Å². The van der Waals surface area contributed by atoms with E-state index in [4.69, 9.17) is 0 Å². The van der Waals surface area contributed by atoms with Gasteiger partial charge in [0.15, 0.2) is 0 Å². The minimum Gasteiger partial charge on any atom is -0.326 e. The van der Waals surface area contributed by atoms with E-state index in [-0.39, 0.29) is 11.1 Å². The summed E-state index contributed by atoms with van der Waals surface area (Å²) in [4.78, 5) is 22.8. The van der Waals surface area contributed by atoms with Gasteiger partial charge in [-0.25, -0.2) is 0 Å². The van der Waals surface area contributed by atoms with Gasteiger partial charge in [0.25, 0.3) is 5.24 Å². The first kappa shape index (κ1) is 14.6. The summed E-state index contributed by atoms with van der Waals surface area (Å²) >= 11 is 1.26. The SMILES string of the molecule is CCCSC(=O)Nc1cccc(NC(=O)CC)c1. The van der Waals surface area contributed by atoms with Crippen LogP contribution in [-0.2, 0) is 4.79 Å². The topological polar surface area (TPSA) is 58.2 Å². The fraction of sp³-hybridized carbons (Fsp3) is 0.385. The van der Waals surface area contributed by atoms with Crippen molar-refractivity contribution in [2.75, 3.05) is 16.4 Å². The van der Waals surface area contributed by atoms with Gasteiger partial charge in [-0.1, -0.05) is 31.7 Å². The third kappa shape index (κ3) is 5.23. The van der Waals surface area contributed by atoms with Crippen molar-refractivity contribution in [3.63, 3.8) is 0 Å². The largest absolute Gasteiger partial charge is 0.326 e. The highest BCUT2D eigenvalue weighted by Crippen LogP contribution is 2.17. The summed E-state index contributed by atoms with van der Waals surface area (Å²) in [5, 5.41) is 5.46. The summed E-state index contributed by atoms with van der Waals surface area (Å²) in [7, 11) is 0. The summed E-state index contributed by atoms with van der Waals surface area (Å²) < 4.78 is 0. The molecule has 18 heavy (non-hydrogen) atoms. The number of carbonyl (C=O) groups excluding carboxylic acids is 2. The quantitative estimate of drug-likeness (QED) is 0.854. The molecule has 0 aliphatic rings. The molecule has 2 amide bonds. The highest BCUT2D eigenvalue weighted by Gasteiger charge is 2.04. The van der Waals surface area contributed by atoms with Crippen molar-refractivity contribution < 1.29 is 9.59 Å². The molecule has 5 heteroatoms. The molecule has 98 valence electrons. The second-order valence-corrected chi connectivity index (χ2v) is 4.81. The van der Waals surface area contributed by atoms with Crippen LogP contribution in [0.15, 0.2) is 24.3 Å². The lowest BCUT2D eigenvalue weighted by atomic mass is 10.2. The summed E-state index contributed by atoms with van der Waals surface area (Å²) in [6.07, 6.45) is 1.40. The van der Waals surface area contributed by atoms with Gasteiger partial charge in [-0.3, -0.25) is 9.59 Å². The molecule has 1 rings (SSSR count). The van der Waals surface area contributed by atoms with Crippen molar-refractivity contribution in [1.29, 1.82) is 0 Å². The molecule has 0 aromatic heterocycles. The van der Waals surface area contributed by atoms with Crippen LogP contribution in [0.2, 0.25) is 0 Å². The van der Waals surface area contributed by atoms with Gasteiger partial charge in [0.1, 0.15) is 0 Å². The number of benzene rings is 1. The summed E-state index contributed by atoms with van der Waals surface area (Å²) in [6, 6.07) is 7.14. The van der Waals surface area contributed by atoms with E-state index in [0.29, 0.717) is 17.8 Å². The van der Waals surface area contributed by atoms with Crippen LogP contribution < -0.4 is 10.6 Å². The van der Waals surface area contributed by atoms with Gasteiger partial charge in [-0.2, -0.15) is 0 Å². The Balaban J connectivity index is 2.59. The third-order valence-corrected chi connectivity index (χ3v) is 3.13. The first-order chi connectivity index (χ1) is 8.65. The predicted octanol–water partition coefficient (Wildman–Crippen LogP) is 3.71. The van der Waals surface area contributed by atoms with E-state index >= 15 is 0 Å². The Hall–Kier alpha value is -1.49. The number of hydrogen-bond acceptors (Lipinski definition) is 3. The monoisotopic (exact) mass is 266 g/mol. The molecule has 0 fully saturated rings. The van der Waals surface area contributed by atoms with Crippen LogP contribution in [0.4, 0.5) is 16.2 Å². The van der Waals surface area contributed by atoms with E-state index in [0.717, 1.165) is 12.2 Å². The molecular weight excluding hydrogens is 248 g/mol. The number of nitrogens with one attached hydrogen (secondary N) is 2. The molecule has 1 aromatic rings. The second-order valence-electron chi connectivity index (χ2n) is 3.74. The van der Waals surface area contributed by atoms with Crippen molar-refractivity contribution in [3.05, 3.63) is 24.3 Å². The molecular formula is C13H18N2O2S. The normalized spacial score (nSPS) is 9.89. The van der Waals surface area contributed by atoms with Crippen molar-refractivity contribution in [3.8, 4) is 0 Å². The zero-order chi connectivity index (χ0) is 13.4. The van der Waals surface area contributed by atoms with E-state index in [1.165, 1.54) is 11.8 Å². The van der Waals surface area contributed by atoms with Gasteiger partial charge < -0.3 is 10.6 Å². The lowest BCUT2D eigenvalue weighted by molar-refractivity contribution is -0.115. The molecule has 0 saturated heterocycles. The van der Waals surface area contributed by atoms with Crippen LogP contribution in [0.3, 0.4) is 0 Å². The van der Waals surface area contributed by atoms with Crippen LogP contribution in [0.1, 0.15) is 26.7 Å². The van der Waals surface area contributed by atoms with Gasteiger partial charge >= 0.3 is 0 Å². The third-order valence-electron chi connectivity index (χ3n) is 2.15. The maximum Gasteiger partial charge on any atom is 0.283 e. The number of amides is 2. The van der Waals surface area contributed by atoms with Gasteiger partial charge in [-0.15, -0.1) is 0 Å². The van der Waals surface area contributed by atoms with Crippen LogP contribution in [-0.4, -0.2) is 16.9 Å². The van der Waals surface area contributed by atoms with Crippen LogP contribution in [0.5, 0.6) is 0 Å². The maximum atomic E-state index is 11.5. The first-order valence-corrected chi connectivity index (χ1v) is 6.98. The zero-order valence-electron chi connectivity index (χ0n) is 10.7. The number of anilines is 2. The molecule has 0 heterocycles. The van der Waals surface area contributed by atoms with E-state index < -0.39 is 0 Å². The molecule has 0 unspecified atom stereocenters. The average Bonchev–Trinajstić information content (AvgIpc) is 2.36. The Kier molecular flexibility index (Phi) is 6.28. The Morgan fingerprint density at radius 1 is 1.17 bits per heavy atom. The smallest absolute Gasteiger partial charge is 0.283 e.